The fourth-order valence-electron chi connectivity index (χ4n) is 3.63. The van der Waals surface area contributed by atoms with Crippen LogP contribution < -0.4 is 24.8 Å². The number of amides is 4. The van der Waals surface area contributed by atoms with Crippen LogP contribution in [-0.4, -0.2) is 43.5 Å². The molecule has 0 atom stereocenters. The molecule has 0 aliphatic carbocycles. The molecular formula is C26H25N3O6. The normalized spacial score (nSPS) is 12.8. The maximum atomic E-state index is 13.0. The van der Waals surface area contributed by atoms with E-state index in [9.17, 15) is 14.4 Å². The van der Waals surface area contributed by atoms with Crippen LogP contribution in [0.25, 0.3) is 0 Å². The topological polar surface area (TPSA) is 106 Å². The molecule has 1 aliphatic rings. The Morgan fingerprint density at radius 2 is 1.63 bits per heavy atom. The second-order valence-electron chi connectivity index (χ2n) is 7.78. The van der Waals surface area contributed by atoms with Crippen molar-refractivity contribution in [3.05, 3.63) is 83.4 Å². The predicted octanol–water partition coefficient (Wildman–Crippen LogP) is 3.59. The summed E-state index contributed by atoms with van der Waals surface area (Å²) in [6, 6.07) is 19.3. The molecule has 3 aromatic carbocycles. The standard InChI is InChI=1S/C26H25N3O6/c1-33-21-12-19(13-22(34-2)24(21)35-16-17-7-4-3-5-8-17)25(31)28-20-10-6-9-18(11-20)15-29-23(30)14-27-26(29)32/h3-13H,14-16H2,1-2H3,(H,27,32)(H,28,31). The van der Waals surface area contributed by atoms with Gasteiger partial charge in [0.15, 0.2) is 11.5 Å². The molecule has 1 fully saturated rings. The number of benzene rings is 3. The molecule has 9 nitrogen and oxygen atoms in total. The number of nitrogens with one attached hydrogen (secondary N) is 2. The smallest absolute Gasteiger partial charge is 0.324 e. The fraction of sp³-hybridized carbons (Fsp3) is 0.192. The van der Waals surface area contributed by atoms with Gasteiger partial charge in [-0.1, -0.05) is 42.5 Å². The van der Waals surface area contributed by atoms with Gasteiger partial charge in [-0.15, -0.1) is 0 Å². The molecule has 0 spiro atoms. The third-order valence-corrected chi connectivity index (χ3v) is 5.41. The second kappa shape index (κ2) is 10.6. The Balaban J connectivity index is 1.50. The summed E-state index contributed by atoms with van der Waals surface area (Å²) < 4.78 is 16.9. The first kappa shape index (κ1) is 23.6. The number of methoxy groups -OCH3 is 2. The van der Waals surface area contributed by atoms with Gasteiger partial charge in [0, 0.05) is 11.3 Å². The van der Waals surface area contributed by atoms with Crippen LogP contribution >= 0.6 is 0 Å². The van der Waals surface area contributed by atoms with E-state index < -0.39 is 6.03 Å². The van der Waals surface area contributed by atoms with Crippen molar-refractivity contribution in [2.45, 2.75) is 13.2 Å². The van der Waals surface area contributed by atoms with Crippen LogP contribution in [0.2, 0.25) is 0 Å². The Kier molecular flexibility index (Phi) is 7.15. The highest BCUT2D eigenvalue weighted by Gasteiger charge is 2.28. The molecule has 9 heteroatoms. The van der Waals surface area contributed by atoms with E-state index in [1.807, 2.05) is 30.3 Å². The van der Waals surface area contributed by atoms with Crippen molar-refractivity contribution in [3.8, 4) is 17.2 Å². The lowest BCUT2D eigenvalue weighted by molar-refractivity contribution is -0.125. The fourth-order valence-corrected chi connectivity index (χ4v) is 3.63. The lowest BCUT2D eigenvalue weighted by atomic mass is 10.1. The third-order valence-electron chi connectivity index (χ3n) is 5.41. The van der Waals surface area contributed by atoms with E-state index in [-0.39, 0.29) is 24.9 Å². The number of rotatable bonds is 9. The number of hydrogen-bond acceptors (Lipinski definition) is 6. The van der Waals surface area contributed by atoms with Gasteiger partial charge < -0.3 is 24.8 Å². The third kappa shape index (κ3) is 5.52. The lowest BCUT2D eigenvalue weighted by Crippen LogP contribution is -2.30. The molecule has 2 N–H and O–H groups in total. The SMILES string of the molecule is COc1cc(C(=O)Nc2cccc(CN3C(=O)CNC3=O)c2)cc(OC)c1OCc1ccccc1. The molecule has 0 unspecified atom stereocenters. The Bertz CT molecular complexity index is 1200. The van der Waals surface area contributed by atoms with Crippen molar-refractivity contribution < 1.29 is 28.6 Å². The van der Waals surface area contributed by atoms with Crippen LogP contribution in [0.1, 0.15) is 21.5 Å². The summed E-state index contributed by atoms with van der Waals surface area (Å²) in [4.78, 5) is 37.8. The number of hydrogen-bond donors (Lipinski definition) is 2. The minimum absolute atomic E-state index is 0.00994. The predicted molar refractivity (Wildman–Crippen MR) is 129 cm³/mol. The Morgan fingerprint density at radius 3 is 2.26 bits per heavy atom. The molecule has 1 heterocycles. The molecule has 4 amide bonds. The van der Waals surface area contributed by atoms with Gasteiger partial charge in [0.05, 0.1) is 27.3 Å². The highest BCUT2D eigenvalue weighted by molar-refractivity contribution is 6.05. The van der Waals surface area contributed by atoms with Gasteiger partial charge in [-0.3, -0.25) is 14.5 Å². The molecule has 0 saturated carbocycles. The van der Waals surface area contributed by atoms with E-state index in [1.165, 1.54) is 14.2 Å². The van der Waals surface area contributed by atoms with Crippen LogP contribution in [-0.2, 0) is 17.9 Å². The summed E-state index contributed by atoms with van der Waals surface area (Å²) >= 11 is 0. The minimum atomic E-state index is -0.432. The molecule has 3 aromatic rings. The van der Waals surface area contributed by atoms with Gasteiger partial charge in [0.1, 0.15) is 6.61 Å². The largest absolute Gasteiger partial charge is 0.493 e. The molecular weight excluding hydrogens is 450 g/mol. The van der Waals surface area contributed by atoms with Crippen molar-refractivity contribution in [3.63, 3.8) is 0 Å². The zero-order valence-corrected chi connectivity index (χ0v) is 19.4. The first-order valence-corrected chi connectivity index (χ1v) is 10.9. The number of imide groups is 1. The maximum absolute atomic E-state index is 13.0. The van der Waals surface area contributed by atoms with E-state index >= 15 is 0 Å². The van der Waals surface area contributed by atoms with Crippen LogP contribution in [0.15, 0.2) is 66.7 Å². The maximum Gasteiger partial charge on any atom is 0.324 e. The summed E-state index contributed by atoms with van der Waals surface area (Å²) in [5.41, 5.74) is 2.51. The number of nitrogens with zero attached hydrogens (tertiary/aromatic N) is 1. The number of ether oxygens (including phenoxy) is 3. The summed E-state index contributed by atoms with van der Waals surface area (Å²) in [5.74, 6) is 0.433. The van der Waals surface area contributed by atoms with Crippen LogP contribution in [0.3, 0.4) is 0 Å². The number of urea groups is 1. The van der Waals surface area contributed by atoms with E-state index in [0.717, 1.165) is 10.5 Å². The molecule has 4 rings (SSSR count). The van der Waals surface area contributed by atoms with Crippen molar-refractivity contribution in [1.29, 1.82) is 0 Å². The highest BCUT2D eigenvalue weighted by Crippen LogP contribution is 2.39. The molecule has 0 aromatic heterocycles. The van der Waals surface area contributed by atoms with E-state index in [4.69, 9.17) is 14.2 Å². The molecule has 0 bridgehead atoms. The van der Waals surface area contributed by atoms with Crippen molar-refractivity contribution in [1.82, 2.24) is 10.2 Å². The first-order chi connectivity index (χ1) is 17.0. The summed E-state index contributed by atoms with van der Waals surface area (Å²) in [5, 5.41) is 5.32. The van der Waals surface area contributed by atoms with Gasteiger partial charge in [-0.25, -0.2) is 4.79 Å². The summed E-state index contributed by atoms with van der Waals surface area (Å²) in [6.45, 7) is 0.414. The highest BCUT2D eigenvalue weighted by atomic mass is 16.5. The quantitative estimate of drug-likeness (QED) is 0.458. The van der Waals surface area contributed by atoms with Gasteiger partial charge in [-0.2, -0.15) is 0 Å². The van der Waals surface area contributed by atoms with Gasteiger partial charge >= 0.3 is 6.03 Å². The van der Waals surface area contributed by atoms with E-state index in [1.54, 1.807) is 36.4 Å². The molecule has 35 heavy (non-hydrogen) atoms. The van der Waals surface area contributed by atoms with Crippen molar-refractivity contribution >= 4 is 23.5 Å². The minimum Gasteiger partial charge on any atom is -0.493 e. The zero-order chi connectivity index (χ0) is 24.8. The average molecular weight is 476 g/mol. The lowest BCUT2D eigenvalue weighted by Gasteiger charge is -2.16. The van der Waals surface area contributed by atoms with Gasteiger partial charge in [-0.05, 0) is 35.4 Å². The Hall–Kier alpha value is -4.53. The monoisotopic (exact) mass is 475 g/mol. The van der Waals surface area contributed by atoms with Crippen molar-refractivity contribution in [2.24, 2.45) is 0 Å². The van der Waals surface area contributed by atoms with E-state index in [0.29, 0.717) is 40.7 Å². The molecule has 180 valence electrons. The molecule has 1 aliphatic heterocycles. The van der Waals surface area contributed by atoms with E-state index in [2.05, 4.69) is 10.6 Å². The number of anilines is 1. The second-order valence-corrected chi connectivity index (χ2v) is 7.78. The summed E-state index contributed by atoms with van der Waals surface area (Å²) in [6.07, 6.45) is 0. The van der Waals surface area contributed by atoms with Gasteiger partial charge in [0.2, 0.25) is 11.7 Å². The van der Waals surface area contributed by atoms with Crippen LogP contribution in [0, 0.1) is 0 Å². The number of carbonyl (C=O) groups is 3. The zero-order valence-electron chi connectivity index (χ0n) is 19.4. The average Bonchev–Trinajstić information content (AvgIpc) is 3.19. The van der Waals surface area contributed by atoms with Gasteiger partial charge in [0.25, 0.3) is 5.91 Å². The Labute approximate surface area is 202 Å². The Morgan fingerprint density at radius 1 is 0.943 bits per heavy atom. The molecule has 1 saturated heterocycles. The first-order valence-electron chi connectivity index (χ1n) is 10.9. The molecule has 0 radical (unpaired) electrons. The van der Waals surface area contributed by atoms with Crippen LogP contribution in [0.4, 0.5) is 10.5 Å². The van der Waals surface area contributed by atoms with Crippen LogP contribution in [0.5, 0.6) is 17.2 Å². The summed E-state index contributed by atoms with van der Waals surface area (Å²) in [7, 11) is 2.98. The number of carbonyl (C=O) groups excluding carboxylic acids is 3. The van der Waals surface area contributed by atoms with Crippen molar-refractivity contribution in [2.75, 3.05) is 26.1 Å².